The minimum atomic E-state index is -0.699. The molecule has 0 aliphatic rings. The van der Waals surface area contributed by atoms with Crippen molar-refractivity contribution in [3.8, 4) is 0 Å². The van der Waals surface area contributed by atoms with Gasteiger partial charge in [-0.05, 0) is 42.7 Å². The maximum Gasteiger partial charge on any atom is 0.142 e. The molecule has 5 heteroatoms. The Kier molecular flexibility index (Phi) is 4.35. The highest BCUT2D eigenvalue weighted by Gasteiger charge is 2.15. The van der Waals surface area contributed by atoms with Crippen LogP contribution in [0.15, 0.2) is 30.3 Å². The van der Waals surface area contributed by atoms with Gasteiger partial charge in [0.15, 0.2) is 0 Å². The molecular weight excluding hydrogens is 287 g/mol. The van der Waals surface area contributed by atoms with E-state index in [0.29, 0.717) is 11.1 Å². The highest BCUT2D eigenvalue weighted by atomic mass is 35.5. The molecule has 2 N–H and O–H groups in total. The lowest BCUT2D eigenvalue weighted by Gasteiger charge is -2.14. The second-order valence-corrected chi connectivity index (χ2v) is 5.09. The fourth-order valence-corrected chi connectivity index (χ4v) is 2.11. The molecule has 0 aliphatic carbocycles. The highest BCUT2D eigenvalue weighted by molar-refractivity contribution is 6.30. The van der Waals surface area contributed by atoms with Gasteiger partial charge in [-0.25, -0.2) is 13.2 Å². The molecule has 0 bridgehead atoms. The number of aryl methyl sites for hydroxylation is 1. The van der Waals surface area contributed by atoms with Crippen LogP contribution in [0.3, 0.4) is 0 Å². The zero-order valence-corrected chi connectivity index (χ0v) is 11.5. The molecule has 0 aliphatic heterocycles. The summed E-state index contributed by atoms with van der Waals surface area (Å²) >= 11 is 5.59. The van der Waals surface area contributed by atoms with Crippen molar-refractivity contribution in [1.29, 1.82) is 0 Å². The molecule has 1 nitrogen and oxygen atoms in total. The molecule has 0 amide bonds. The van der Waals surface area contributed by atoms with E-state index < -0.39 is 23.5 Å². The number of rotatable bonds is 3. The topological polar surface area (TPSA) is 26.0 Å². The van der Waals surface area contributed by atoms with Crippen molar-refractivity contribution in [3.05, 3.63) is 69.5 Å². The van der Waals surface area contributed by atoms with Crippen LogP contribution < -0.4 is 5.73 Å². The molecule has 0 spiro atoms. The molecule has 20 heavy (non-hydrogen) atoms. The molecule has 0 saturated heterocycles. The SMILES string of the molecule is Cc1cc(C(N)Cc2ccc(Cl)c(F)c2)c(F)cc1F. The summed E-state index contributed by atoms with van der Waals surface area (Å²) in [6.07, 6.45) is 0.232. The van der Waals surface area contributed by atoms with Crippen LogP contribution >= 0.6 is 11.6 Å². The summed E-state index contributed by atoms with van der Waals surface area (Å²) < 4.78 is 40.2. The fourth-order valence-electron chi connectivity index (χ4n) is 1.99. The third-order valence-corrected chi connectivity index (χ3v) is 3.42. The summed E-state index contributed by atoms with van der Waals surface area (Å²) in [7, 11) is 0. The van der Waals surface area contributed by atoms with Crippen LogP contribution in [-0.2, 0) is 6.42 Å². The van der Waals surface area contributed by atoms with Crippen molar-refractivity contribution in [1.82, 2.24) is 0 Å². The van der Waals surface area contributed by atoms with Gasteiger partial charge >= 0.3 is 0 Å². The molecule has 0 saturated carbocycles. The molecule has 1 unspecified atom stereocenters. The van der Waals surface area contributed by atoms with Crippen molar-refractivity contribution >= 4 is 11.6 Å². The van der Waals surface area contributed by atoms with Crippen LogP contribution in [0.5, 0.6) is 0 Å². The van der Waals surface area contributed by atoms with E-state index in [1.807, 2.05) is 0 Å². The predicted octanol–water partition coefficient (Wildman–Crippen LogP) is 4.31. The fraction of sp³-hybridized carbons (Fsp3) is 0.200. The van der Waals surface area contributed by atoms with Crippen molar-refractivity contribution < 1.29 is 13.2 Å². The normalized spacial score (nSPS) is 12.5. The first-order valence-electron chi connectivity index (χ1n) is 6.03. The van der Waals surface area contributed by atoms with Gasteiger partial charge in [0.2, 0.25) is 0 Å². The Balaban J connectivity index is 2.25. The van der Waals surface area contributed by atoms with Crippen LogP contribution in [0.2, 0.25) is 5.02 Å². The van der Waals surface area contributed by atoms with Crippen molar-refractivity contribution in [2.45, 2.75) is 19.4 Å². The third-order valence-electron chi connectivity index (χ3n) is 3.12. The number of nitrogens with two attached hydrogens (primary N) is 1. The number of halogens is 4. The molecule has 106 valence electrons. The molecule has 0 fully saturated rings. The molecule has 0 radical (unpaired) electrons. The van der Waals surface area contributed by atoms with Crippen LogP contribution in [0.25, 0.3) is 0 Å². The summed E-state index contributed by atoms with van der Waals surface area (Å²) in [5, 5.41) is 0.0196. The molecule has 0 aromatic heterocycles. The van der Waals surface area contributed by atoms with E-state index in [9.17, 15) is 13.2 Å². The summed E-state index contributed by atoms with van der Waals surface area (Å²) in [4.78, 5) is 0. The van der Waals surface area contributed by atoms with Crippen molar-refractivity contribution in [2.75, 3.05) is 0 Å². The first kappa shape index (κ1) is 14.9. The molecular formula is C15H13ClF3N. The number of hydrogen-bond donors (Lipinski definition) is 1. The van der Waals surface area contributed by atoms with Gasteiger partial charge in [-0.2, -0.15) is 0 Å². The zero-order chi connectivity index (χ0) is 14.9. The van der Waals surface area contributed by atoms with E-state index in [2.05, 4.69) is 0 Å². The van der Waals surface area contributed by atoms with Crippen LogP contribution in [-0.4, -0.2) is 0 Å². The number of hydrogen-bond acceptors (Lipinski definition) is 1. The number of benzene rings is 2. The van der Waals surface area contributed by atoms with Gasteiger partial charge in [0.05, 0.1) is 5.02 Å². The maximum atomic E-state index is 13.7. The van der Waals surface area contributed by atoms with Gasteiger partial charge in [0.1, 0.15) is 17.5 Å². The van der Waals surface area contributed by atoms with Crippen molar-refractivity contribution in [2.24, 2.45) is 5.73 Å². The average molecular weight is 300 g/mol. The standard InChI is InChI=1S/C15H13ClF3N/c1-8-4-10(13(18)7-12(8)17)15(20)6-9-2-3-11(16)14(19)5-9/h2-5,7,15H,6,20H2,1H3. The Morgan fingerprint density at radius 1 is 1.05 bits per heavy atom. The average Bonchev–Trinajstić information content (AvgIpc) is 2.38. The quantitative estimate of drug-likeness (QED) is 0.898. The van der Waals surface area contributed by atoms with Crippen molar-refractivity contribution in [3.63, 3.8) is 0 Å². The summed E-state index contributed by atoms with van der Waals surface area (Å²) in [5.41, 5.74) is 7.04. The Labute approximate surface area is 120 Å². The smallest absolute Gasteiger partial charge is 0.142 e. The third kappa shape index (κ3) is 3.14. The first-order chi connectivity index (χ1) is 9.38. The Hall–Kier alpha value is -1.52. The van der Waals surface area contributed by atoms with Gasteiger partial charge in [0, 0.05) is 17.7 Å². The van der Waals surface area contributed by atoms with E-state index in [1.165, 1.54) is 25.1 Å². The minimum Gasteiger partial charge on any atom is -0.324 e. The van der Waals surface area contributed by atoms with Gasteiger partial charge in [-0.3, -0.25) is 0 Å². The van der Waals surface area contributed by atoms with Gasteiger partial charge < -0.3 is 5.73 Å². The summed E-state index contributed by atoms with van der Waals surface area (Å²) in [6, 6.07) is 5.81. The Morgan fingerprint density at radius 2 is 1.75 bits per heavy atom. The molecule has 0 heterocycles. The van der Waals surface area contributed by atoms with E-state index in [1.54, 1.807) is 6.07 Å². The largest absolute Gasteiger partial charge is 0.324 e. The lowest BCUT2D eigenvalue weighted by Crippen LogP contribution is -2.15. The second-order valence-electron chi connectivity index (χ2n) is 4.68. The minimum absolute atomic E-state index is 0.0196. The van der Waals surface area contributed by atoms with E-state index in [0.717, 1.165) is 6.07 Å². The Bertz CT molecular complexity index is 643. The summed E-state index contributed by atoms with van der Waals surface area (Å²) in [5.74, 6) is -1.86. The van der Waals surface area contributed by atoms with E-state index in [4.69, 9.17) is 17.3 Å². The van der Waals surface area contributed by atoms with E-state index >= 15 is 0 Å². The lowest BCUT2D eigenvalue weighted by atomic mass is 9.97. The molecule has 1 atom stereocenters. The van der Waals surface area contributed by atoms with Gasteiger partial charge in [-0.15, -0.1) is 0 Å². The monoisotopic (exact) mass is 299 g/mol. The van der Waals surface area contributed by atoms with Gasteiger partial charge in [0.25, 0.3) is 0 Å². The van der Waals surface area contributed by atoms with Crippen LogP contribution in [0.4, 0.5) is 13.2 Å². The van der Waals surface area contributed by atoms with Crippen LogP contribution in [0, 0.1) is 24.4 Å². The second kappa shape index (κ2) is 5.85. The van der Waals surface area contributed by atoms with Crippen LogP contribution in [0.1, 0.15) is 22.7 Å². The van der Waals surface area contributed by atoms with Gasteiger partial charge in [-0.1, -0.05) is 17.7 Å². The zero-order valence-electron chi connectivity index (χ0n) is 10.8. The predicted molar refractivity (Wildman–Crippen MR) is 73.1 cm³/mol. The molecule has 2 aromatic rings. The first-order valence-corrected chi connectivity index (χ1v) is 6.41. The Morgan fingerprint density at radius 3 is 2.40 bits per heavy atom. The summed E-state index contributed by atoms with van der Waals surface area (Å²) in [6.45, 7) is 1.53. The molecule has 2 rings (SSSR count). The molecule has 2 aromatic carbocycles. The maximum absolute atomic E-state index is 13.7. The highest BCUT2D eigenvalue weighted by Crippen LogP contribution is 2.24. The lowest BCUT2D eigenvalue weighted by molar-refractivity contribution is 0.549. The van der Waals surface area contributed by atoms with E-state index in [-0.39, 0.29) is 17.0 Å².